The van der Waals surface area contributed by atoms with Gasteiger partial charge in [0, 0.05) is 31.4 Å². The number of carbonyl (C=O) groups is 1. The van der Waals surface area contributed by atoms with Gasteiger partial charge in [-0.3, -0.25) is 4.79 Å². The van der Waals surface area contributed by atoms with Crippen LogP contribution in [0.25, 0.3) is 5.65 Å². The molecule has 9 nitrogen and oxygen atoms in total. The van der Waals surface area contributed by atoms with Gasteiger partial charge in [-0.15, -0.1) is 0 Å². The molecule has 3 aromatic rings. The van der Waals surface area contributed by atoms with Crippen molar-refractivity contribution in [2.75, 3.05) is 23.3 Å². The van der Waals surface area contributed by atoms with Crippen LogP contribution >= 0.6 is 0 Å². The average Bonchev–Trinajstić information content (AvgIpc) is 3.24. The lowest BCUT2D eigenvalue weighted by Crippen LogP contribution is -2.34. The average molecular weight is 392 g/mol. The first kappa shape index (κ1) is 18.0. The second kappa shape index (κ2) is 7.07. The van der Waals surface area contributed by atoms with Crippen LogP contribution in [0.4, 0.5) is 11.6 Å². The number of hydrogen-bond donors (Lipinski definition) is 2. The molecule has 2 N–H and O–H groups in total. The Morgan fingerprint density at radius 3 is 2.69 bits per heavy atom. The molecular formula is C20H24N8O. The largest absolute Gasteiger partial charge is 0.354 e. The van der Waals surface area contributed by atoms with Crippen molar-refractivity contribution in [3.05, 3.63) is 41.9 Å². The zero-order chi connectivity index (χ0) is 20.0. The molecule has 1 saturated carbocycles. The van der Waals surface area contributed by atoms with Gasteiger partial charge >= 0.3 is 0 Å². The van der Waals surface area contributed by atoms with Crippen LogP contribution < -0.4 is 15.5 Å². The predicted octanol–water partition coefficient (Wildman–Crippen LogP) is 1.72. The van der Waals surface area contributed by atoms with Gasteiger partial charge in [0.1, 0.15) is 17.3 Å². The van der Waals surface area contributed by atoms with Crippen LogP contribution in [0.5, 0.6) is 0 Å². The number of carbonyl (C=O) groups excluding carboxylic acids is 1. The van der Waals surface area contributed by atoms with Crippen molar-refractivity contribution in [2.45, 2.75) is 45.2 Å². The van der Waals surface area contributed by atoms with E-state index in [9.17, 15) is 4.79 Å². The standard InChI is InChI=1S/C20H24N8O/c1-12-9-28-11-17(24-13(2)19(28)23-12)26-20(29)16-7-22-18(8-21-16)27-6-5-15(10-27)25-14-3-4-14/h7-9,11,14-15,25H,3-6,10H2,1-2H3,(H,26,29). The summed E-state index contributed by atoms with van der Waals surface area (Å²) in [5, 5.41) is 6.46. The number of hydrogen-bond acceptors (Lipinski definition) is 7. The van der Waals surface area contributed by atoms with E-state index >= 15 is 0 Å². The summed E-state index contributed by atoms with van der Waals surface area (Å²) in [5.41, 5.74) is 2.70. The van der Waals surface area contributed by atoms with Crippen molar-refractivity contribution in [1.29, 1.82) is 0 Å². The number of nitrogens with one attached hydrogen (secondary N) is 2. The van der Waals surface area contributed by atoms with Crippen molar-refractivity contribution >= 4 is 23.2 Å². The molecule has 5 rings (SSSR count). The smallest absolute Gasteiger partial charge is 0.277 e. The highest BCUT2D eigenvalue weighted by atomic mass is 16.2. The Morgan fingerprint density at radius 2 is 1.93 bits per heavy atom. The summed E-state index contributed by atoms with van der Waals surface area (Å²) in [7, 11) is 0. The maximum atomic E-state index is 12.6. The molecule has 1 saturated heterocycles. The molecule has 0 radical (unpaired) electrons. The van der Waals surface area contributed by atoms with Crippen molar-refractivity contribution in [2.24, 2.45) is 0 Å². The molecule has 1 aliphatic carbocycles. The first-order valence-corrected chi connectivity index (χ1v) is 10.0. The van der Waals surface area contributed by atoms with Gasteiger partial charge in [0.15, 0.2) is 5.65 Å². The number of fused-ring (bicyclic) bond motifs is 1. The Hall–Kier alpha value is -3.07. The predicted molar refractivity (Wildman–Crippen MR) is 109 cm³/mol. The first-order valence-electron chi connectivity index (χ1n) is 10.0. The quantitative estimate of drug-likeness (QED) is 0.682. The Labute approximate surface area is 168 Å². The molecule has 1 amide bonds. The lowest BCUT2D eigenvalue weighted by Gasteiger charge is -2.17. The molecule has 1 aliphatic heterocycles. The maximum Gasteiger partial charge on any atom is 0.277 e. The molecule has 0 bridgehead atoms. The molecule has 0 aromatic carbocycles. The van der Waals surface area contributed by atoms with E-state index in [1.807, 2.05) is 24.4 Å². The summed E-state index contributed by atoms with van der Waals surface area (Å²) in [4.78, 5) is 32.4. The minimum absolute atomic E-state index is 0.266. The number of aryl methyl sites for hydroxylation is 2. The van der Waals surface area contributed by atoms with Gasteiger partial charge in [-0.25, -0.2) is 19.9 Å². The minimum Gasteiger partial charge on any atom is -0.354 e. The molecule has 1 atom stereocenters. The molecule has 29 heavy (non-hydrogen) atoms. The third-order valence-corrected chi connectivity index (χ3v) is 5.40. The third-order valence-electron chi connectivity index (χ3n) is 5.40. The fraction of sp³-hybridized carbons (Fsp3) is 0.450. The normalized spacial score (nSPS) is 19.1. The SMILES string of the molecule is Cc1cn2cc(NC(=O)c3cnc(N4CCC(NC5CC5)C4)cn3)nc(C)c2n1. The summed E-state index contributed by atoms with van der Waals surface area (Å²) in [6.45, 7) is 5.68. The van der Waals surface area contributed by atoms with Crippen LogP contribution in [0.15, 0.2) is 24.8 Å². The molecule has 0 spiro atoms. The monoisotopic (exact) mass is 392 g/mol. The lowest BCUT2D eigenvalue weighted by molar-refractivity contribution is 0.102. The molecule has 1 unspecified atom stereocenters. The highest BCUT2D eigenvalue weighted by molar-refractivity contribution is 6.02. The van der Waals surface area contributed by atoms with E-state index in [0.717, 1.165) is 42.4 Å². The second-order valence-corrected chi connectivity index (χ2v) is 7.91. The van der Waals surface area contributed by atoms with E-state index in [1.165, 1.54) is 19.0 Å². The van der Waals surface area contributed by atoms with E-state index < -0.39 is 0 Å². The highest BCUT2D eigenvalue weighted by Gasteiger charge is 2.29. The summed E-state index contributed by atoms with van der Waals surface area (Å²) < 4.78 is 1.86. The number of anilines is 2. The zero-order valence-corrected chi connectivity index (χ0v) is 16.6. The van der Waals surface area contributed by atoms with E-state index in [0.29, 0.717) is 17.9 Å². The molecule has 150 valence electrons. The molecule has 3 aromatic heterocycles. The van der Waals surface area contributed by atoms with E-state index in [2.05, 4.69) is 35.5 Å². The zero-order valence-electron chi connectivity index (χ0n) is 16.6. The summed E-state index contributed by atoms with van der Waals surface area (Å²) >= 11 is 0. The van der Waals surface area contributed by atoms with Crippen molar-refractivity contribution in [3.63, 3.8) is 0 Å². The Balaban J connectivity index is 1.26. The van der Waals surface area contributed by atoms with Gasteiger partial charge in [0.05, 0.1) is 30.0 Å². The van der Waals surface area contributed by atoms with Gasteiger partial charge in [0.2, 0.25) is 0 Å². The van der Waals surface area contributed by atoms with Crippen LogP contribution in [0.2, 0.25) is 0 Å². The van der Waals surface area contributed by atoms with Crippen LogP contribution in [0, 0.1) is 13.8 Å². The second-order valence-electron chi connectivity index (χ2n) is 7.91. The van der Waals surface area contributed by atoms with Crippen LogP contribution in [0.1, 0.15) is 41.1 Å². The molecule has 2 aliphatic rings. The van der Waals surface area contributed by atoms with E-state index in [-0.39, 0.29) is 11.6 Å². The molecule has 2 fully saturated rings. The van der Waals surface area contributed by atoms with Crippen LogP contribution in [0.3, 0.4) is 0 Å². The first-order chi connectivity index (χ1) is 14.0. The van der Waals surface area contributed by atoms with Crippen LogP contribution in [-0.2, 0) is 0 Å². The third kappa shape index (κ3) is 3.77. The van der Waals surface area contributed by atoms with Crippen molar-refractivity contribution in [1.82, 2.24) is 29.7 Å². The van der Waals surface area contributed by atoms with E-state index in [1.54, 1.807) is 12.4 Å². The summed E-state index contributed by atoms with van der Waals surface area (Å²) in [6.07, 6.45) is 10.6. The number of imidazole rings is 1. The maximum absolute atomic E-state index is 12.6. The highest BCUT2D eigenvalue weighted by Crippen LogP contribution is 2.23. The molecule has 9 heteroatoms. The van der Waals surface area contributed by atoms with Gasteiger partial charge < -0.3 is 19.9 Å². The van der Waals surface area contributed by atoms with Crippen molar-refractivity contribution in [3.8, 4) is 0 Å². The van der Waals surface area contributed by atoms with Gasteiger partial charge in [0.25, 0.3) is 5.91 Å². The fourth-order valence-corrected chi connectivity index (χ4v) is 3.80. The lowest BCUT2D eigenvalue weighted by atomic mass is 10.2. The Bertz CT molecular complexity index is 1060. The summed E-state index contributed by atoms with van der Waals surface area (Å²) in [6, 6.07) is 1.23. The minimum atomic E-state index is -0.332. The Kier molecular flexibility index (Phi) is 4.39. The Morgan fingerprint density at radius 1 is 1.07 bits per heavy atom. The number of amides is 1. The topological polar surface area (TPSA) is 100 Å². The summed E-state index contributed by atoms with van der Waals surface area (Å²) in [5.74, 6) is 0.935. The molecule has 4 heterocycles. The number of nitrogens with zero attached hydrogens (tertiary/aromatic N) is 6. The number of rotatable bonds is 5. The molecular weight excluding hydrogens is 368 g/mol. The van der Waals surface area contributed by atoms with Gasteiger partial charge in [-0.2, -0.15) is 0 Å². The van der Waals surface area contributed by atoms with E-state index in [4.69, 9.17) is 0 Å². The fourth-order valence-electron chi connectivity index (χ4n) is 3.80. The van der Waals surface area contributed by atoms with Crippen molar-refractivity contribution < 1.29 is 4.79 Å². The van der Waals surface area contributed by atoms with Crippen LogP contribution in [-0.4, -0.2) is 55.4 Å². The number of aromatic nitrogens is 5. The van der Waals surface area contributed by atoms with Gasteiger partial charge in [-0.05, 0) is 33.1 Å². The van der Waals surface area contributed by atoms with Gasteiger partial charge in [-0.1, -0.05) is 0 Å².